The third-order valence-electron chi connectivity index (χ3n) is 6.94. The molecule has 0 bridgehead atoms. The summed E-state index contributed by atoms with van der Waals surface area (Å²) >= 11 is 0. The molecule has 3 aromatic rings. The van der Waals surface area contributed by atoms with Crippen molar-refractivity contribution < 1.29 is 14.0 Å². The number of amides is 2. The normalized spacial score (nSPS) is 17.0. The monoisotopic (exact) mass is 476 g/mol. The Morgan fingerprint density at radius 2 is 2.03 bits per heavy atom. The Labute approximate surface area is 204 Å². The number of hydrogen-bond donors (Lipinski definition) is 1. The molecule has 0 radical (unpaired) electrons. The summed E-state index contributed by atoms with van der Waals surface area (Å²) in [5.41, 5.74) is 4.21. The first-order valence-electron chi connectivity index (χ1n) is 12.3. The van der Waals surface area contributed by atoms with Gasteiger partial charge in [0.25, 0.3) is 5.91 Å². The summed E-state index contributed by atoms with van der Waals surface area (Å²) in [6, 6.07) is 6.18. The molecule has 0 spiro atoms. The average molecular weight is 477 g/mol. The van der Waals surface area contributed by atoms with Gasteiger partial charge in [-0.2, -0.15) is 0 Å². The van der Waals surface area contributed by atoms with Crippen LogP contribution in [0.4, 0.5) is 0 Å². The molecule has 9 nitrogen and oxygen atoms in total. The Morgan fingerprint density at radius 1 is 1.20 bits per heavy atom. The van der Waals surface area contributed by atoms with E-state index in [1.54, 1.807) is 31.2 Å². The van der Waals surface area contributed by atoms with E-state index in [4.69, 9.17) is 4.42 Å². The molecule has 1 aromatic carbocycles. The quantitative estimate of drug-likeness (QED) is 0.588. The highest BCUT2D eigenvalue weighted by Crippen LogP contribution is 2.37. The van der Waals surface area contributed by atoms with E-state index < -0.39 is 0 Å². The number of piperidine rings is 1. The van der Waals surface area contributed by atoms with Crippen LogP contribution in [0.5, 0.6) is 0 Å². The van der Waals surface area contributed by atoms with Crippen LogP contribution >= 0.6 is 0 Å². The number of rotatable bonds is 6. The molecule has 35 heavy (non-hydrogen) atoms. The summed E-state index contributed by atoms with van der Waals surface area (Å²) in [5.74, 6) is 0.713. The van der Waals surface area contributed by atoms with Crippen LogP contribution in [-0.2, 0) is 11.3 Å². The van der Waals surface area contributed by atoms with Gasteiger partial charge in [-0.1, -0.05) is 11.3 Å². The summed E-state index contributed by atoms with van der Waals surface area (Å²) in [5, 5.41) is 12.1. The average Bonchev–Trinajstić information content (AvgIpc) is 3.56. The zero-order valence-electron chi connectivity index (χ0n) is 20.4. The lowest BCUT2D eigenvalue weighted by Gasteiger charge is -2.29. The van der Waals surface area contributed by atoms with Crippen LogP contribution in [0.25, 0.3) is 16.5 Å². The van der Waals surface area contributed by atoms with Gasteiger partial charge in [0.15, 0.2) is 5.76 Å². The van der Waals surface area contributed by atoms with Crippen LogP contribution in [0.1, 0.15) is 53.3 Å². The predicted octanol–water partition coefficient (Wildman–Crippen LogP) is 2.90. The van der Waals surface area contributed by atoms with E-state index in [0.29, 0.717) is 31.2 Å². The fourth-order valence-electron chi connectivity index (χ4n) is 5.01. The third-order valence-corrected chi connectivity index (χ3v) is 6.94. The van der Waals surface area contributed by atoms with E-state index in [1.807, 2.05) is 11.0 Å². The molecule has 0 unspecified atom stereocenters. The van der Waals surface area contributed by atoms with Gasteiger partial charge in [-0.15, -0.1) is 5.10 Å². The zero-order valence-corrected chi connectivity index (χ0v) is 20.4. The molecule has 0 aliphatic carbocycles. The predicted molar refractivity (Wildman–Crippen MR) is 133 cm³/mol. The highest BCUT2D eigenvalue weighted by atomic mass is 16.3. The number of aryl methyl sites for hydroxylation is 1. The van der Waals surface area contributed by atoms with Crippen LogP contribution in [0.15, 0.2) is 41.1 Å². The fourth-order valence-corrected chi connectivity index (χ4v) is 5.01. The minimum Gasteiger partial charge on any atom is -0.451 e. The lowest BCUT2D eigenvalue weighted by atomic mass is 9.86. The molecule has 2 amide bonds. The number of carbonyl (C=O) groups excluding carboxylic acids is 2. The SMILES string of the molecule is CN(C)C(=O)c1cc2cc(C3=CCCN(C(=O)CCn4ccnn4)C3)cc(C3CCNCC3)c2o1. The first kappa shape index (κ1) is 23.3. The van der Waals surface area contributed by atoms with E-state index >= 15 is 0 Å². The molecule has 1 fully saturated rings. The van der Waals surface area contributed by atoms with Crippen molar-refractivity contribution in [3.8, 4) is 0 Å². The Kier molecular flexibility index (Phi) is 6.68. The number of aromatic nitrogens is 3. The van der Waals surface area contributed by atoms with Crippen molar-refractivity contribution >= 4 is 28.4 Å². The Hall–Kier alpha value is -3.46. The lowest BCUT2D eigenvalue weighted by molar-refractivity contribution is -0.131. The van der Waals surface area contributed by atoms with Gasteiger partial charge in [0.1, 0.15) is 5.58 Å². The van der Waals surface area contributed by atoms with Crippen molar-refractivity contribution in [2.45, 2.75) is 38.1 Å². The summed E-state index contributed by atoms with van der Waals surface area (Å²) < 4.78 is 7.82. The van der Waals surface area contributed by atoms with Crippen molar-refractivity contribution in [1.29, 1.82) is 0 Å². The second-order valence-corrected chi connectivity index (χ2v) is 9.57. The largest absolute Gasteiger partial charge is 0.451 e. The zero-order chi connectivity index (χ0) is 24.4. The summed E-state index contributed by atoms with van der Waals surface area (Å²) in [6.45, 7) is 3.76. The van der Waals surface area contributed by atoms with Gasteiger partial charge in [0, 0.05) is 45.2 Å². The van der Waals surface area contributed by atoms with Crippen LogP contribution in [-0.4, -0.2) is 76.9 Å². The third kappa shape index (κ3) is 5.00. The molecule has 2 aliphatic heterocycles. The first-order chi connectivity index (χ1) is 17.0. The molecule has 1 N–H and O–H groups in total. The maximum absolute atomic E-state index is 12.9. The number of nitrogens with zero attached hydrogens (tertiary/aromatic N) is 5. The molecule has 2 aromatic heterocycles. The number of hydrogen-bond acceptors (Lipinski definition) is 6. The van der Waals surface area contributed by atoms with Gasteiger partial charge >= 0.3 is 0 Å². The molecule has 0 atom stereocenters. The van der Waals surface area contributed by atoms with E-state index in [0.717, 1.165) is 66.6 Å². The number of furan rings is 1. The number of benzene rings is 1. The Morgan fingerprint density at radius 3 is 2.77 bits per heavy atom. The Bertz CT molecular complexity index is 1240. The minimum atomic E-state index is -0.139. The highest BCUT2D eigenvalue weighted by Gasteiger charge is 2.25. The van der Waals surface area contributed by atoms with Crippen molar-refractivity contribution in [2.75, 3.05) is 40.3 Å². The number of fused-ring (bicyclic) bond motifs is 1. The van der Waals surface area contributed by atoms with E-state index in [1.165, 1.54) is 4.90 Å². The summed E-state index contributed by atoms with van der Waals surface area (Å²) in [6.07, 6.45) is 8.90. The fraction of sp³-hybridized carbons (Fsp3) is 0.462. The van der Waals surface area contributed by atoms with Crippen LogP contribution in [0.3, 0.4) is 0 Å². The molecular formula is C26H32N6O3. The summed E-state index contributed by atoms with van der Waals surface area (Å²) in [7, 11) is 3.46. The van der Waals surface area contributed by atoms with Gasteiger partial charge < -0.3 is 19.5 Å². The van der Waals surface area contributed by atoms with E-state index in [2.05, 4.69) is 33.8 Å². The lowest BCUT2D eigenvalue weighted by Crippen LogP contribution is -2.36. The van der Waals surface area contributed by atoms with Crippen LogP contribution < -0.4 is 5.32 Å². The number of nitrogens with one attached hydrogen (secondary N) is 1. The van der Waals surface area contributed by atoms with Crippen molar-refractivity contribution in [1.82, 2.24) is 30.1 Å². The van der Waals surface area contributed by atoms with Gasteiger partial charge in [-0.05, 0) is 73.2 Å². The number of carbonyl (C=O) groups is 2. The van der Waals surface area contributed by atoms with Gasteiger partial charge in [-0.25, -0.2) is 0 Å². The molecule has 1 saturated heterocycles. The van der Waals surface area contributed by atoms with Gasteiger partial charge in [0.2, 0.25) is 5.91 Å². The topological polar surface area (TPSA) is 96.5 Å². The van der Waals surface area contributed by atoms with Crippen LogP contribution in [0.2, 0.25) is 0 Å². The molecular weight excluding hydrogens is 444 g/mol. The van der Waals surface area contributed by atoms with Gasteiger partial charge in [-0.3, -0.25) is 14.3 Å². The smallest absolute Gasteiger partial charge is 0.289 e. The molecule has 0 saturated carbocycles. The van der Waals surface area contributed by atoms with E-state index in [9.17, 15) is 9.59 Å². The van der Waals surface area contributed by atoms with Gasteiger partial charge in [0.05, 0.1) is 12.7 Å². The Balaban J connectivity index is 1.43. The highest BCUT2D eigenvalue weighted by molar-refractivity contribution is 5.97. The molecule has 184 valence electrons. The molecule has 5 rings (SSSR count). The van der Waals surface area contributed by atoms with Crippen molar-refractivity contribution in [3.05, 3.63) is 53.6 Å². The maximum atomic E-state index is 12.9. The van der Waals surface area contributed by atoms with Crippen LogP contribution in [0, 0.1) is 0 Å². The second-order valence-electron chi connectivity index (χ2n) is 9.57. The first-order valence-corrected chi connectivity index (χ1v) is 12.3. The van der Waals surface area contributed by atoms with Crippen molar-refractivity contribution in [3.63, 3.8) is 0 Å². The minimum absolute atomic E-state index is 0.118. The van der Waals surface area contributed by atoms with E-state index in [-0.39, 0.29) is 11.8 Å². The maximum Gasteiger partial charge on any atom is 0.289 e. The summed E-state index contributed by atoms with van der Waals surface area (Å²) in [4.78, 5) is 29.0. The second kappa shape index (κ2) is 10.0. The van der Waals surface area contributed by atoms with Crippen molar-refractivity contribution in [2.24, 2.45) is 0 Å². The molecule has 2 aliphatic rings. The molecule has 9 heteroatoms. The standard InChI is InChI=1S/C26H32N6O3/c1-30(2)26(34)23-16-21-14-20(15-22(25(21)35-23)18-5-8-27-9-6-18)19-4-3-11-31(17-19)24(33)7-12-32-13-10-28-29-32/h4,10,13-16,18,27H,3,5-9,11-12,17H2,1-2H3. The molecule has 4 heterocycles.